The molecule has 0 fully saturated rings. The maximum Gasteiger partial charge on any atom is 0.245 e. The van der Waals surface area contributed by atoms with Crippen LogP contribution >= 0.6 is 0 Å². The smallest absolute Gasteiger partial charge is 0.245 e. The number of carbonyl (C=O) groups is 1. The second-order valence-corrected chi connectivity index (χ2v) is 1.86. The van der Waals surface area contributed by atoms with Gasteiger partial charge in [-0.3, -0.25) is 4.79 Å². The van der Waals surface area contributed by atoms with Gasteiger partial charge < -0.3 is 10.1 Å². The quantitative estimate of drug-likeness (QED) is 0.445. The molecule has 0 bridgehead atoms. The highest BCUT2D eigenvalue weighted by Crippen LogP contribution is 1.75. The summed E-state index contributed by atoms with van der Waals surface area (Å²) in [6, 6.07) is 0. The molecule has 3 nitrogen and oxygen atoms in total. The van der Waals surface area contributed by atoms with E-state index in [0.717, 1.165) is 6.42 Å². The summed E-state index contributed by atoms with van der Waals surface area (Å²) in [6.07, 6.45) is 2.56. The minimum Gasteiger partial charge on any atom is -0.375 e. The van der Waals surface area contributed by atoms with Crippen LogP contribution in [0.3, 0.4) is 0 Å². The van der Waals surface area contributed by atoms with Gasteiger partial charge in [0.05, 0.1) is 0 Å². The Morgan fingerprint density at radius 1 is 1.80 bits per heavy atom. The molecule has 0 aromatic heterocycles. The Morgan fingerprint density at radius 3 is 3.00 bits per heavy atom. The third-order valence-electron chi connectivity index (χ3n) is 0.946. The number of hydrogen-bond acceptors (Lipinski definition) is 2. The Labute approximate surface area is 61.1 Å². The van der Waals surface area contributed by atoms with Crippen LogP contribution in [0, 0.1) is 0 Å². The molecule has 1 amide bonds. The highest BCUT2D eigenvalue weighted by Gasteiger charge is 1.95. The van der Waals surface area contributed by atoms with E-state index in [4.69, 9.17) is 0 Å². The van der Waals surface area contributed by atoms with Gasteiger partial charge in [0.2, 0.25) is 5.91 Å². The number of methoxy groups -OCH3 is 1. The van der Waals surface area contributed by atoms with E-state index >= 15 is 0 Å². The molecule has 10 heavy (non-hydrogen) atoms. The average molecular weight is 143 g/mol. The van der Waals surface area contributed by atoms with Crippen molar-refractivity contribution < 1.29 is 9.53 Å². The first-order chi connectivity index (χ1) is 4.81. The molecule has 0 aliphatic rings. The number of rotatable bonds is 5. The van der Waals surface area contributed by atoms with Crippen LogP contribution in [0.5, 0.6) is 0 Å². The maximum absolute atomic E-state index is 10.6. The molecule has 3 heteroatoms. The summed E-state index contributed by atoms with van der Waals surface area (Å²) < 4.78 is 4.60. The van der Waals surface area contributed by atoms with E-state index in [1.807, 2.05) is 0 Å². The van der Waals surface area contributed by atoms with Gasteiger partial charge in [0.25, 0.3) is 0 Å². The van der Waals surface area contributed by atoms with Crippen molar-refractivity contribution in [1.29, 1.82) is 0 Å². The Hall–Kier alpha value is -0.830. The van der Waals surface area contributed by atoms with E-state index in [9.17, 15) is 4.79 Å². The molecule has 1 N–H and O–H groups in total. The molecule has 0 saturated carbocycles. The molecule has 58 valence electrons. The van der Waals surface area contributed by atoms with Crippen LogP contribution < -0.4 is 5.32 Å². The molecule has 0 aromatic rings. The van der Waals surface area contributed by atoms with Crippen molar-refractivity contribution in [2.45, 2.75) is 6.42 Å². The van der Waals surface area contributed by atoms with Crippen molar-refractivity contribution in [2.24, 2.45) is 0 Å². The van der Waals surface area contributed by atoms with E-state index in [-0.39, 0.29) is 12.5 Å². The van der Waals surface area contributed by atoms with Gasteiger partial charge in [-0.25, -0.2) is 0 Å². The van der Waals surface area contributed by atoms with Gasteiger partial charge in [-0.05, 0) is 6.42 Å². The van der Waals surface area contributed by atoms with Crippen molar-refractivity contribution in [2.75, 3.05) is 20.3 Å². The maximum atomic E-state index is 10.6. The zero-order chi connectivity index (χ0) is 7.82. The van der Waals surface area contributed by atoms with Gasteiger partial charge in [0.15, 0.2) is 0 Å². The van der Waals surface area contributed by atoms with Crippen LogP contribution in [0.15, 0.2) is 12.7 Å². The summed E-state index contributed by atoms with van der Waals surface area (Å²) >= 11 is 0. The largest absolute Gasteiger partial charge is 0.375 e. The predicted octanol–water partition coefficient (Wildman–Crippen LogP) is 0.325. The summed E-state index contributed by atoms with van der Waals surface area (Å²) in [4.78, 5) is 10.6. The minimum atomic E-state index is -0.0793. The van der Waals surface area contributed by atoms with Gasteiger partial charge in [-0.1, -0.05) is 6.08 Å². The SMILES string of the molecule is C=CCCNC(=O)COC. The molecule has 0 atom stereocenters. The molecule has 0 spiro atoms. The molecule has 0 heterocycles. The van der Waals surface area contributed by atoms with Crippen LogP contribution in [0.4, 0.5) is 0 Å². The van der Waals surface area contributed by atoms with Gasteiger partial charge in [0.1, 0.15) is 6.61 Å². The second kappa shape index (κ2) is 6.29. The lowest BCUT2D eigenvalue weighted by atomic mass is 10.4. The molecule has 0 aliphatic carbocycles. The minimum absolute atomic E-state index is 0.0793. The van der Waals surface area contributed by atoms with Crippen molar-refractivity contribution >= 4 is 5.91 Å². The zero-order valence-corrected chi connectivity index (χ0v) is 6.22. The van der Waals surface area contributed by atoms with E-state index in [1.165, 1.54) is 7.11 Å². The highest BCUT2D eigenvalue weighted by atomic mass is 16.5. The molecule has 0 radical (unpaired) electrons. The number of amides is 1. The fraction of sp³-hybridized carbons (Fsp3) is 0.571. The molecular weight excluding hydrogens is 130 g/mol. The number of ether oxygens (including phenoxy) is 1. The summed E-state index contributed by atoms with van der Waals surface area (Å²) in [5, 5.41) is 2.65. The van der Waals surface area contributed by atoms with Gasteiger partial charge >= 0.3 is 0 Å². The topological polar surface area (TPSA) is 38.3 Å². The molecule has 0 saturated heterocycles. The van der Waals surface area contributed by atoms with Crippen molar-refractivity contribution in [3.63, 3.8) is 0 Å². The van der Waals surface area contributed by atoms with E-state index in [0.29, 0.717) is 6.54 Å². The lowest BCUT2D eigenvalue weighted by Gasteiger charge is -2.00. The van der Waals surface area contributed by atoms with E-state index in [2.05, 4.69) is 16.6 Å². The van der Waals surface area contributed by atoms with Gasteiger partial charge in [0, 0.05) is 13.7 Å². The number of hydrogen-bond donors (Lipinski definition) is 1. The Morgan fingerprint density at radius 2 is 2.50 bits per heavy atom. The summed E-state index contributed by atoms with van der Waals surface area (Å²) in [7, 11) is 1.49. The third-order valence-corrected chi connectivity index (χ3v) is 0.946. The molecular formula is C7H13NO2. The Bertz CT molecular complexity index is 112. The average Bonchev–Trinajstić information content (AvgIpc) is 1.89. The molecule has 0 unspecified atom stereocenters. The monoisotopic (exact) mass is 143 g/mol. The Balaban J connectivity index is 3.13. The van der Waals surface area contributed by atoms with E-state index in [1.54, 1.807) is 6.08 Å². The molecule has 0 aliphatic heterocycles. The number of carbonyl (C=O) groups excluding carboxylic acids is 1. The summed E-state index contributed by atoms with van der Waals surface area (Å²) in [5.41, 5.74) is 0. The van der Waals surface area contributed by atoms with Crippen molar-refractivity contribution in [3.05, 3.63) is 12.7 Å². The molecule has 0 aromatic carbocycles. The number of nitrogens with one attached hydrogen (secondary N) is 1. The van der Waals surface area contributed by atoms with Crippen LogP contribution in [0.2, 0.25) is 0 Å². The highest BCUT2D eigenvalue weighted by molar-refractivity contribution is 5.77. The first-order valence-corrected chi connectivity index (χ1v) is 3.17. The van der Waals surface area contributed by atoms with Crippen LogP contribution in [-0.2, 0) is 9.53 Å². The van der Waals surface area contributed by atoms with Crippen molar-refractivity contribution in [3.8, 4) is 0 Å². The third kappa shape index (κ3) is 5.31. The summed E-state index contributed by atoms with van der Waals surface area (Å²) in [6.45, 7) is 4.30. The first kappa shape index (κ1) is 9.17. The van der Waals surface area contributed by atoms with E-state index < -0.39 is 0 Å². The van der Waals surface area contributed by atoms with Crippen LogP contribution in [0.1, 0.15) is 6.42 Å². The van der Waals surface area contributed by atoms with Crippen LogP contribution in [0.25, 0.3) is 0 Å². The normalized spacial score (nSPS) is 8.90. The van der Waals surface area contributed by atoms with Crippen molar-refractivity contribution in [1.82, 2.24) is 5.32 Å². The second-order valence-electron chi connectivity index (χ2n) is 1.86. The molecule has 0 rings (SSSR count). The van der Waals surface area contributed by atoms with Gasteiger partial charge in [-0.15, -0.1) is 6.58 Å². The summed E-state index contributed by atoms with van der Waals surface area (Å²) in [5.74, 6) is -0.0793. The Kier molecular flexibility index (Phi) is 5.77. The fourth-order valence-corrected chi connectivity index (χ4v) is 0.496. The van der Waals surface area contributed by atoms with Crippen LogP contribution in [-0.4, -0.2) is 26.2 Å². The fourth-order valence-electron chi connectivity index (χ4n) is 0.496. The lowest BCUT2D eigenvalue weighted by Crippen LogP contribution is -2.27. The first-order valence-electron chi connectivity index (χ1n) is 3.17. The lowest BCUT2D eigenvalue weighted by molar-refractivity contribution is -0.124. The van der Waals surface area contributed by atoms with Gasteiger partial charge in [-0.2, -0.15) is 0 Å². The predicted molar refractivity (Wildman–Crippen MR) is 39.7 cm³/mol. The standard InChI is InChI=1S/C7H13NO2/c1-3-4-5-8-7(9)6-10-2/h3H,1,4-6H2,2H3,(H,8,9). The zero-order valence-electron chi connectivity index (χ0n) is 6.22.